The number of ether oxygens (including phenoxy) is 1. The van der Waals surface area contributed by atoms with Crippen LogP contribution in [-0.2, 0) is 0 Å². The Morgan fingerprint density at radius 1 is 1.33 bits per heavy atom. The van der Waals surface area contributed by atoms with E-state index in [1.165, 1.54) is 11.9 Å². The molecule has 0 unspecified atom stereocenters. The number of nitro benzene ring substituents is 1. The van der Waals surface area contributed by atoms with E-state index < -0.39 is 22.3 Å². The van der Waals surface area contributed by atoms with E-state index in [2.05, 4.69) is 5.92 Å². The molecule has 2 aromatic carbocycles. The van der Waals surface area contributed by atoms with Crippen LogP contribution in [0.3, 0.4) is 0 Å². The van der Waals surface area contributed by atoms with Crippen molar-refractivity contribution in [1.29, 1.82) is 0 Å². The highest BCUT2D eigenvalue weighted by Crippen LogP contribution is 2.25. The predicted octanol–water partition coefficient (Wildman–Crippen LogP) is 3.02. The Hall–Kier alpha value is -3.40. The Morgan fingerprint density at radius 3 is 2.58 bits per heavy atom. The minimum Gasteiger partial charge on any atom is -0.481 e. The van der Waals surface area contributed by atoms with Crippen molar-refractivity contribution in [3.05, 3.63) is 64.0 Å². The maximum Gasteiger partial charge on any atom is 0.285 e. The number of anilines is 1. The van der Waals surface area contributed by atoms with Gasteiger partial charge in [-0.2, -0.15) is 0 Å². The molecule has 0 heterocycles. The highest BCUT2D eigenvalue weighted by molar-refractivity contribution is 6.08. The SMILES string of the molecule is C#CCOc1ccc(N(C)C(=O)c2ccc(F)cc2[N+](=O)[O-])cc1. The lowest BCUT2D eigenvalue weighted by molar-refractivity contribution is -0.385. The molecule has 0 saturated carbocycles. The summed E-state index contributed by atoms with van der Waals surface area (Å²) in [5.41, 5.74) is -0.288. The van der Waals surface area contributed by atoms with Crippen LogP contribution in [0.1, 0.15) is 10.4 Å². The summed E-state index contributed by atoms with van der Waals surface area (Å²) in [5.74, 6) is 1.46. The van der Waals surface area contributed by atoms with Gasteiger partial charge in [-0.05, 0) is 36.4 Å². The van der Waals surface area contributed by atoms with Crippen LogP contribution >= 0.6 is 0 Å². The van der Waals surface area contributed by atoms with Crippen LogP contribution in [0, 0.1) is 28.3 Å². The molecule has 0 atom stereocenters. The maximum absolute atomic E-state index is 13.2. The zero-order valence-electron chi connectivity index (χ0n) is 12.7. The van der Waals surface area contributed by atoms with Gasteiger partial charge in [0.2, 0.25) is 0 Å². The number of amides is 1. The van der Waals surface area contributed by atoms with E-state index in [4.69, 9.17) is 11.2 Å². The van der Waals surface area contributed by atoms with Gasteiger partial charge in [-0.15, -0.1) is 6.42 Å². The fraction of sp³-hybridized carbons (Fsp3) is 0.118. The zero-order chi connectivity index (χ0) is 17.7. The summed E-state index contributed by atoms with van der Waals surface area (Å²) < 4.78 is 18.4. The first kappa shape index (κ1) is 17.0. The zero-order valence-corrected chi connectivity index (χ0v) is 12.7. The second-order valence-corrected chi connectivity index (χ2v) is 4.77. The molecule has 0 fully saturated rings. The fourth-order valence-corrected chi connectivity index (χ4v) is 2.03. The number of halogens is 1. The molecule has 0 spiro atoms. The van der Waals surface area contributed by atoms with Crippen molar-refractivity contribution in [2.45, 2.75) is 0 Å². The van der Waals surface area contributed by atoms with E-state index in [1.54, 1.807) is 24.3 Å². The quantitative estimate of drug-likeness (QED) is 0.480. The molecule has 0 N–H and O–H groups in total. The van der Waals surface area contributed by atoms with Crippen molar-refractivity contribution in [2.75, 3.05) is 18.6 Å². The highest BCUT2D eigenvalue weighted by Gasteiger charge is 2.24. The Kier molecular flexibility index (Phi) is 5.12. The van der Waals surface area contributed by atoms with Gasteiger partial charge in [0.25, 0.3) is 11.6 Å². The minimum atomic E-state index is -0.791. The first-order valence-electron chi connectivity index (χ1n) is 6.82. The third-order valence-corrected chi connectivity index (χ3v) is 3.24. The van der Waals surface area contributed by atoms with Crippen molar-refractivity contribution in [1.82, 2.24) is 0 Å². The molecular weight excluding hydrogens is 315 g/mol. The van der Waals surface area contributed by atoms with Gasteiger partial charge in [-0.3, -0.25) is 14.9 Å². The molecule has 1 amide bonds. The summed E-state index contributed by atoms with van der Waals surface area (Å²) in [5, 5.41) is 11.0. The Morgan fingerprint density at radius 2 is 2.00 bits per heavy atom. The Balaban J connectivity index is 2.27. The number of terminal acetylenes is 1. The number of benzene rings is 2. The van der Waals surface area contributed by atoms with Crippen molar-refractivity contribution >= 4 is 17.3 Å². The molecule has 0 aromatic heterocycles. The third kappa shape index (κ3) is 3.67. The van der Waals surface area contributed by atoms with Crippen LogP contribution < -0.4 is 9.64 Å². The largest absolute Gasteiger partial charge is 0.481 e. The number of hydrogen-bond acceptors (Lipinski definition) is 4. The second kappa shape index (κ2) is 7.24. The molecule has 2 rings (SSSR count). The molecular formula is C17H13FN2O4. The van der Waals surface area contributed by atoms with Gasteiger partial charge >= 0.3 is 0 Å². The van der Waals surface area contributed by atoms with Gasteiger partial charge in [-0.25, -0.2) is 4.39 Å². The van der Waals surface area contributed by atoms with Crippen molar-refractivity contribution in [3.63, 3.8) is 0 Å². The monoisotopic (exact) mass is 328 g/mol. The van der Waals surface area contributed by atoms with Gasteiger partial charge in [0.1, 0.15) is 23.7 Å². The van der Waals surface area contributed by atoms with Gasteiger partial charge in [0.05, 0.1) is 11.0 Å². The average molecular weight is 328 g/mol. The number of rotatable bonds is 5. The van der Waals surface area contributed by atoms with E-state index in [9.17, 15) is 19.3 Å². The normalized spacial score (nSPS) is 9.88. The molecule has 0 bridgehead atoms. The van der Waals surface area contributed by atoms with Crippen molar-refractivity contribution in [2.24, 2.45) is 0 Å². The molecule has 0 aliphatic rings. The smallest absolute Gasteiger partial charge is 0.285 e. The first-order chi connectivity index (χ1) is 11.4. The Bertz CT molecular complexity index is 812. The maximum atomic E-state index is 13.2. The van der Waals surface area contributed by atoms with E-state index >= 15 is 0 Å². The van der Waals surface area contributed by atoms with Crippen molar-refractivity contribution < 1.29 is 18.8 Å². The summed E-state index contributed by atoms with van der Waals surface area (Å²) in [6.07, 6.45) is 5.10. The lowest BCUT2D eigenvalue weighted by atomic mass is 10.1. The summed E-state index contributed by atoms with van der Waals surface area (Å²) >= 11 is 0. The number of carbonyl (C=O) groups is 1. The van der Waals surface area contributed by atoms with Gasteiger partial charge in [0, 0.05) is 12.7 Å². The summed E-state index contributed by atoms with van der Waals surface area (Å²) in [6.45, 7) is 0.121. The van der Waals surface area contributed by atoms with Crippen LogP contribution in [0.5, 0.6) is 5.75 Å². The molecule has 0 radical (unpaired) electrons. The van der Waals surface area contributed by atoms with E-state index in [1.807, 2.05) is 0 Å². The molecule has 0 saturated heterocycles. The molecule has 7 heteroatoms. The van der Waals surface area contributed by atoms with E-state index in [-0.39, 0.29) is 12.2 Å². The fourth-order valence-electron chi connectivity index (χ4n) is 2.03. The van der Waals surface area contributed by atoms with Crippen LogP contribution in [0.15, 0.2) is 42.5 Å². The van der Waals surface area contributed by atoms with Crippen LogP contribution in [-0.4, -0.2) is 24.5 Å². The number of nitro groups is 1. The van der Waals surface area contributed by atoms with Crippen LogP contribution in [0.25, 0.3) is 0 Å². The lowest BCUT2D eigenvalue weighted by Gasteiger charge is -2.17. The number of hydrogen-bond donors (Lipinski definition) is 0. The van der Waals surface area contributed by atoms with Gasteiger partial charge in [-0.1, -0.05) is 5.92 Å². The second-order valence-electron chi connectivity index (χ2n) is 4.77. The summed E-state index contributed by atoms with van der Waals surface area (Å²) in [7, 11) is 1.46. The topological polar surface area (TPSA) is 72.7 Å². The lowest BCUT2D eigenvalue weighted by Crippen LogP contribution is -2.27. The average Bonchev–Trinajstić information content (AvgIpc) is 2.59. The molecule has 2 aromatic rings. The minimum absolute atomic E-state index is 0.121. The summed E-state index contributed by atoms with van der Waals surface area (Å²) in [4.78, 5) is 23.9. The van der Waals surface area contributed by atoms with Crippen LogP contribution in [0.4, 0.5) is 15.8 Å². The standard InChI is InChI=1S/C17H13FN2O4/c1-3-10-24-14-7-5-13(6-8-14)19(2)17(21)15-9-4-12(18)11-16(15)20(22)23/h1,4-9,11H,10H2,2H3. The molecule has 0 aliphatic carbocycles. The number of nitrogens with zero attached hydrogens (tertiary/aromatic N) is 2. The van der Waals surface area contributed by atoms with Gasteiger partial charge < -0.3 is 9.64 Å². The molecule has 0 aliphatic heterocycles. The molecule has 24 heavy (non-hydrogen) atoms. The first-order valence-corrected chi connectivity index (χ1v) is 6.82. The third-order valence-electron chi connectivity index (χ3n) is 3.24. The Labute approximate surface area is 137 Å². The number of carbonyl (C=O) groups excluding carboxylic acids is 1. The molecule has 122 valence electrons. The van der Waals surface area contributed by atoms with Gasteiger partial charge in [0.15, 0.2) is 0 Å². The highest BCUT2D eigenvalue weighted by atomic mass is 19.1. The van der Waals surface area contributed by atoms with Crippen molar-refractivity contribution in [3.8, 4) is 18.1 Å². The molecule has 6 nitrogen and oxygen atoms in total. The summed E-state index contributed by atoms with van der Waals surface area (Å²) in [6, 6.07) is 9.28. The predicted molar refractivity (Wildman–Crippen MR) is 86.6 cm³/mol. The van der Waals surface area contributed by atoms with Crippen LogP contribution in [0.2, 0.25) is 0 Å². The van der Waals surface area contributed by atoms with E-state index in [0.29, 0.717) is 11.4 Å². The van der Waals surface area contributed by atoms with E-state index in [0.717, 1.165) is 18.2 Å².